The van der Waals surface area contributed by atoms with Crippen LogP contribution in [0.15, 0.2) is 30.9 Å². The summed E-state index contributed by atoms with van der Waals surface area (Å²) in [5.74, 6) is -1.18. The quantitative estimate of drug-likeness (QED) is 0.277. The Morgan fingerprint density at radius 3 is 2.62 bits per heavy atom. The highest BCUT2D eigenvalue weighted by Crippen LogP contribution is 2.45. The molecule has 48 heavy (non-hydrogen) atoms. The van der Waals surface area contributed by atoms with E-state index in [2.05, 4.69) is 19.9 Å². The fraction of sp³-hybridized carbons (Fsp3) is 0.452. The first-order valence-corrected chi connectivity index (χ1v) is 15.8. The Kier molecular flexibility index (Phi) is 8.05. The number of alkyl halides is 4. The monoisotopic (exact) mass is 691 g/mol. The van der Waals surface area contributed by atoms with Gasteiger partial charge in [0, 0.05) is 56.9 Å². The van der Waals surface area contributed by atoms with Crippen molar-refractivity contribution in [3.8, 4) is 17.3 Å². The molecule has 0 saturated carbocycles. The lowest BCUT2D eigenvalue weighted by atomic mass is 9.95. The van der Waals surface area contributed by atoms with Crippen molar-refractivity contribution in [1.82, 2.24) is 34.3 Å². The van der Waals surface area contributed by atoms with Crippen LogP contribution in [0.2, 0.25) is 5.02 Å². The minimum atomic E-state index is -4.90. The van der Waals surface area contributed by atoms with Crippen LogP contribution in [0.5, 0.6) is 6.01 Å². The molecule has 0 spiro atoms. The van der Waals surface area contributed by atoms with Crippen LogP contribution in [0.3, 0.4) is 0 Å². The van der Waals surface area contributed by atoms with E-state index in [1.54, 1.807) is 16.0 Å². The van der Waals surface area contributed by atoms with Crippen molar-refractivity contribution in [2.45, 2.75) is 44.1 Å². The Balaban J connectivity index is 1.31. The first-order chi connectivity index (χ1) is 22.8. The van der Waals surface area contributed by atoms with Gasteiger partial charge in [0.1, 0.15) is 36.3 Å². The summed E-state index contributed by atoms with van der Waals surface area (Å²) >= 11 is 6.57. The Morgan fingerprint density at radius 2 is 1.92 bits per heavy atom. The molecule has 3 aliphatic heterocycles. The average molecular weight is 692 g/mol. The van der Waals surface area contributed by atoms with Gasteiger partial charge in [-0.2, -0.15) is 23.1 Å². The SMILES string of the molecule is Cc1cc(N)nc(-c2c(Cl)cc3c(N4CCN(C(=O)n5ccnc5)CC4)nc(OC[C@@]45CCCN4C[C@H](F)C5)nc3c2F)c1C(F)(F)F. The number of ether oxygens (including phenoxy) is 1. The van der Waals surface area contributed by atoms with Crippen LogP contribution in [-0.4, -0.2) is 97.9 Å². The normalized spacial score (nSPS) is 21.7. The number of imidazole rings is 1. The number of amides is 1. The zero-order valence-electron chi connectivity index (χ0n) is 25.8. The van der Waals surface area contributed by atoms with Crippen LogP contribution >= 0.6 is 11.6 Å². The number of carbonyl (C=O) groups is 1. The number of nitrogen functional groups attached to an aromatic ring is 1. The Bertz CT molecular complexity index is 1880. The number of pyridine rings is 1. The summed E-state index contributed by atoms with van der Waals surface area (Å²) in [5, 5.41) is -0.224. The molecule has 1 aromatic carbocycles. The molecule has 0 unspecified atom stereocenters. The molecular formula is C31H31ClF5N9O2. The topological polar surface area (TPSA) is 119 Å². The molecule has 7 rings (SSSR count). The van der Waals surface area contributed by atoms with Gasteiger partial charge in [0.15, 0.2) is 5.82 Å². The summed E-state index contributed by atoms with van der Waals surface area (Å²) < 4.78 is 81.4. The number of fused-ring (bicyclic) bond motifs is 2. The number of nitrogens with two attached hydrogens (primary N) is 1. The summed E-state index contributed by atoms with van der Waals surface area (Å²) in [4.78, 5) is 35.1. The van der Waals surface area contributed by atoms with Crippen molar-refractivity contribution in [2.24, 2.45) is 0 Å². The van der Waals surface area contributed by atoms with Gasteiger partial charge in [-0.15, -0.1) is 0 Å². The van der Waals surface area contributed by atoms with Gasteiger partial charge in [-0.3, -0.25) is 9.47 Å². The number of hydrogen-bond donors (Lipinski definition) is 1. The lowest BCUT2D eigenvalue weighted by Gasteiger charge is -2.36. The molecule has 17 heteroatoms. The van der Waals surface area contributed by atoms with E-state index in [9.17, 15) is 22.4 Å². The summed E-state index contributed by atoms with van der Waals surface area (Å²) in [7, 11) is 0. The molecule has 3 aliphatic rings. The van der Waals surface area contributed by atoms with Gasteiger partial charge >= 0.3 is 18.2 Å². The van der Waals surface area contributed by atoms with Gasteiger partial charge in [0.25, 0.3) is 0 Å². The highest BCUT2D eigenvalue weighted by Gasteiger charge is 2.49. The second-order valence-electron chi connectivity index (χ2n) is 12.4. The molecule has 2 N–H and O–H groups in total. The van der Waals surface area contributed by atoms with E-state index in [1.807, 2.05) is 4.90 Å². The number of halogens is 6. The lowest BCUT2D eigenvalue weighted by molar-refractivity contribution is -0.137. The number of hydrogen-bond acceptors (Lipinski definition) is 9. The van der Waals surface area contributed by atoms with Crippen LogP contribution in [0.1, 0.15) is 30.4 Å². The molecule has 11 nitrogen and oxygen atoms in total. The maximum absolute atomic E-state index is 16.7. The molecule has 0 radical (unpaired) electrons. The maximum atomic E-state index is 16.7. The minimum Gasteiger partial charge on any atom is -0.461 e. The number of aromatic nitrogens is 5. The molecule has 3 aromatic heterocycles. The molecule has 3 fully saturated rings. The highest BCUT2D eigenvalue weighted by molar-refractivity contribution is 6.34. The van der Waals surface area contributed by atoms with Gasteiger partial charge < -0.3 is 20.3 Å². The third kappa shape index (κ3) is 5.63. The highest BCUT2D eigenvalue weighted by atomic mass is 35.5. The van der Waals surface area contributed by atoms with Crippen molar-refractivity contribution in [3.63, 3.8) is 0 Å². The molecule has 2 atom stereocenters. The van der Waals surface area contributed by atoms with Gasteiger partial charge in [0.05, 0.1) is 27.4 Å². The average Bonchev–Trinajstić information content (AvgIpc) is 3.76. The number of carbonyl (C=O) groups excluding carboxylic acids is 1. The molecule has 4 aromatic rings. The maximum Gasteiger partial charge on any atom is 0.418 e. The molecule has 6 heterocycles. The van der Waals surface area contributed by atoms with Crippen molar-refractivity contribution in [3.05, 3.63) is 52.8 Å². The zero-order valence-corrected chi connectivity index (χ0v) is 26.5. The predicted octanol–water partition coefficient (Wildman–Crippen LogP) is 5.34. The second kappa shape index (κ2) is 12.0. The first-order valence-electron chi connectivity index (χ1n) is 15.4. The van der Waals surface area contributed by atoms with E-state index < -0.39 is 40.5 Å². The number of rotatable bonds is 5. The van der Waals surface area contributed by atoms with Crippen LogP contribution in [0, 0.1) is 12.7 Å². The van der Waals surface area contributed by atoms with Gasteiger partial charge in [-0.25, -0.2) is 23.5 Å². The van der Waals surface area contributed by atoms with E-state index in [1.165, 1.54) is 30.1 Å². The van der Waals surface area contributed by atoms with Crippen molar-refractivity contribution in [2.75, 3.05) is 56.5 Å². The van der Waals surface area contributed by atoms with Crippen LogP contribution in [0.25, 0.3) is 22.2 Å². The van der Waals surface area contributed by atoms with Gasteiger partial charge in [-0.1, -0.05) is 11.6 Å². The number of nitrogens with zero attached hydrogens (tertiary/aromatic N) is 8. The van der Waals surface area contributed by atoms with E-state index in [-0.39, 0.29) is 84.4 Å². The van der Waals surface area contributed by atoms with Crippen LogP contribution in [0.4, 0.5) is 38.4 Å². The van der Waals surface area contributed by atoms with Crippen molar-refractivity contribution < 1.29 is 31.5 Å². The molecule has 254 valence electrons. The Labute approximate surface area is 276 Å². The number of anilines is 2. The fourth-order valence-electron chi connectivity index (χ4n) is 7.21. The summed E-state index contributed by atoms with van der Waals surface area (Å²) in [6.45, 7) is 3.39. The van der Waals surface area contributed by atoms with E-state index in [0.29, 0.717) is 13.0 Å². The largest absolute Gasteiger partial charge is 0.461 e. The van der Waals surface area contributed by atoms with Crippen molar-refractivity contribution >= 4 is 40.2 Å². The Hall–Kier alpha value is -4.31. The summed E-state index contributed by atoms with van der Waals surface area (Å²) in [6.07, 6.45) is 0.378. The molecule has 1 amide bonds. The third-order valence-electron chi connectivity index (χ3n) is 9.40. The van der Waals surface area contributed by atoms with E-state index in [0.717, 1.165) is 19.0 Å². The summed E-state index contributed by atoms with van der Waals surface area (Å²) in [6, 6.07) is 1.87. The number of piperazine rings is 1. The summed E-state index contributed by atoms with van der Waals surface area (Å²) in [5.41, 5.74) is 2.11. The van der Waals surface area contributed by atoms with Gasteiger partial charge in [-0.05, 0) is 44.0 Å². The number of aryl methyl sites for hydroxylation is 1. The molecule has 3 saturated heterocycles. The van der Waals surface area contributed by atoms with Crippen LogP contribution < -0.4 is 15.4 Å². The molecule has 0 aliphatic carbocycles. The molecule has 0 bridgehead atoms. The predicted molar refractivity (Wildman–Crippen MR) is 167 cm³/mol. The fourth-order valence-corrected chi connectivity index (χ4v) is 7.49. The van der Waals surface area contributed by atoms with Crippen LogP contribution in [-0.2, 0) is 6.18 Å². The zero-order chi connectivity index (χ0) is 34.0. The van der Waals surface area contributed by atoms with E-state index in [4.69, 9.17) is 22.1 Å². The van der Waals surface area contributed by atoms with Gasteiger partial charge in [0.2, 0.25) is 0 Å². The third-order valence-corrected chi connectivity index (χ3v) is 9.70. The smallest absolute Gasteiger partial charge is 0.418 e. The lowest BCUT2D eigenvalue weighted by Crippen LogP contribution is -2.50. The number of benzene rings is 1. The van der Waals surface area contributed by atoms with Crippen molar-refractivity contribution in [1.29, 1.82) is 0 Å². The second-order valence-corrected chi connectivity index (χ2v) is 12.9. The van der Waals surface area contributed by atoms with E-state index >= 15 is 4.39 Å². The standard InChI is InChI=1S/C31H31ClF5N9O2/c1-17-11-21(38)40-26(23(17)31(35,36)37)22-20(32)12-19-25(24(22)34)41-28(48-15-30-3-2-5-46(30)14-18(33)13-30)42-27(19)43-7-9-44(10-8-43)29(47)45-6-4-39-16-45/h4,6,11-12,16,18H,2-3,5,7-10,13-15H2,1H3,(H2,38,40)/t18-,30+/m1/s1. The minimum absolute atomic E-state index is 0.0435. The molecular weight excluding hydrogens is 661 g/mol. The Morgan fingerprint density at radius 1 is 1.15 bits per heavy atom. The first kappa shape index (κ1) is 32.2.